The molecule has 0 saturated carbocycles. The zero-order valence-corrected chi connectivity index (χ0v) is 20.7. The number of benzene rings is 2. The fourth-order valence-corrected chi connectivity index (χ4v) is 3.20. The Kier molecular flexibility index (Phi) is 11.7. The fourth-order valence-electron chi connectivity index (χ4n) is 3.20. The number of aryl methyl sites for hydroxylation is 1. The predicted molar refractivity (Wildman–Crippen MR) is 140 cm³/mol. The van der Waals surface area contributed by atoms with Crippen LogP contribution in [0, 0.1) is 0 Å². The highest BCUT2D eigenvalue weighted by atomic mass is 19.1. The average Bonchev–Trinajstić information content (AvgIpc) is 3.33. The molecule has 2 nitrogen and oxygen atoms in total. The summed E-state index contributed by atoms with van der Waals surface area (Å²) in [5, 5.41) is 0. The molecule has 3 rings (SSSR count). The average molecular weight is 438 g/mol. The van der Waals surface area contributed by atoms with E-state index in [1.165, 1.54) is 27.9 Å². The summed E-state index contributed by atoms with van der Waals surface area (Å²) in [5.74, 6) is 0. The number of halogens is 1. The van der Waals surface area contributed by atoms with Gasteiger partial charge in [-0.1, -0.05) is 101 Å². The molecule has 32 heavy (non-hydrogen) atoms. The molecule has 1 aliphatic heterocycles. The molecule has 0 aliphatic carbocycles. The Morgan fingerprint density at radius 2 is 1.88 bits per heavy atom. The second-order valence-electron chi connectivity index (χ2n) is 8.81. The molecule has 2 aromatic carbocycles. The maximum Gasteiger partial charge on any atom is 0.119 e. The van der Waals surface area contributed by atoms with E-state index in [2.05, 4.69) is 100 Å². The molecule has 0 bridgehead atoms. The van der Waals surface area contributed by atoms with Gasteiger partial charge in [0.05, 0.1) is 13.8 Å². The Morgan fingerprint density at radius 1 is 1.16 bits per heavy atom. The highest BCUT2D eigenvalue weighted by Crippen LogP contribution is 2.31. The number of ether oxygens (including phenoxy) is 1. The lowest BCUT2D eigenvalue weighted by Gasteiger charge is -2.24. The van der Waals surface area contributed by atoms with Gasteiger partial charge in [0.15, 0.2) is 0 Å². The summed E-state index contributed by atoms with van der Waals surface area (Å²) in [6.45, 7) is 21.0. The van der Waals surface area contributed by atoms with Crippen LogP contribution >= 0.6 is 0 Å². The first-order valence-corrected chi connectivity index (χ1v) is 11.1. The lowest BCUT2D eigenvalue weighted by Crippen LogP contribution is -2.21. The number of anilines is 1. The van der Waals surface area contributed by atoms with Gasteiger partial charge in [0.2, 0.25) is 0 Å². The van der Waals surface area contributed by atoms with Crippen LogP contribution in [-0.2, 0) is 16.6 Å². The van der Waals surface area contributed by atoms with Gasteiger partial charge in [-0.2, -0.15) is 0 Å². The molecule has 0 radical (unpaired) electrons. The molecule has 0 amide bonds. The van der Waals surface area contributed by atoms with Crippen molar-refractivity contribution in [3.8, 4) is 0 Å². The van der Waals surface area contributed by atoms with Gasteiger partial charge >= 0.3 is 0 Å². The largest absolute Gasteiger partial charge is 0.359 e. The molecule has 0 atom stereocenters. The minimum Gasteiger partial charge on any atom is -0.359 e. The van der Waals surface area contributed by atoms with Crippen LogP contribution < -0.4 is 4.90 Å². The number of nitrogens with zero attached hydrogens (tertiary/aromatic N) is 1. The molecule has 174 valence electrons. The fraction of sp³-hybridized carbons (Fsp3) is 0.379. The summed E-state index contributed by atoms with van der Waals surface area (Å²) in [6.07, 6.45) is 7.18. The molecule has 2 aromatic rings. The van der Waals surface area contributed by atoms with Crippen LogP contribution in [0.1, 0.15) is 56.9 Å². The van der Waals surface area contributed by atoms with E-state index in [1.807, 2.05) is 13.0 Å². The van der Waals surface area contributed by atoms with E-state index in [0.717, 1.165) is 25.1 Å². The smallest absolute Gasteiger partial charge is 0.119 e. The Bertz CT molecular complexity index is 886. The topological polar surface area (TPSA) is 12.5 Å². The summed E-state index contributed by atoms with van der Waals surface area (Å²) in [6, 6.07) is 15.1. The molecule has 0 aromatic heterocycles. The van der Waals surface area contributed by atoms with E-state index >= 15 is 0 Å². The van der Waals surface area contributed by atoms with Crippen LogP contribution in [-0.4, -0.2) is 27.1 Å². The molecule has 1 aliphatic rings. The van der Waals surface area contributed by atoms with Crippen molar-refractivity contribution in [3.63, 3.8) is 0 Å². The highest BCUT2D eigenvalue weighted by Gasteiger charge is 2.19. The van der Waals surface area contributed by atoms with Crippen LogP contribution in [0.3, 0.4) is 0 Å². The normalized spacial score (nSPS) is 13.2. The zero-order chi connectivity index (χ0) is 24.1. The monoisotopic (exact) mass is 437 g/mol. The van der Waals surface area contributed by atoms with Crippen molar-refractivity contribution in [2.75, 3.05) is 32.0 Å². The Balaban J connectivity index is 0.000000358. The van der Waals surface area contributed by atoms with Gasteiger partial charge in [0.25, 0.3) is 0 Å². The third-order valence-electron chi connectivity index (χ3n) is 5.13. The van der Waals surface area contributed by atoms with E-state index in [0.29, 0.717) is 13.9 Å². The van der Waals surface area contributed by atoms with Gasteiger partial charge in [-0.15, -0.1) is 0 Å². The van der Waals surface area contributed by atoms with Gasteiger partial charge in [-0.05, 0) is 47.1 Å². The summed E-state index contributed by atoms with van der Waals surface area (Å²) in [7, 11) is 0.500. The summed E-state index contributed by atoms with van der Waals surface area (Å²) < 4.78 is 15.0. The summed E-state index contributed by atoms with van der Waals surface area (Å²) in [5.41, 5.74) is 7.64. The van der Waals surface area contributed by atoms with Crippen molar-refractivity contribution in [1.82, 2.24) is 0 Å². The van der Waals surface area contributed by atoms with E-state index in [4.69, 9.17) is 4.74 Å². The lowest BCUT2D eigenvalue weighted by molar-refractivity contribution is 0.201. The van der Waals surface area contributed by atoms with Crippen LogP contribution in [0.2, 0.25) is 0 Å². The first kappa shape index (κ1) is 27.4. The quantitative estimate of drug-likeness (QED) is 0.442. The first-order chi connectivity index (χ1) is 15.2. The van der Waals surface area contributed by atoms with Crippen LogP contribution in [0.5, 0.6) is 0 Å². The van der Waals surface area contributed by atoms with Gasteiger partial charge in [0.1, 0.15) is 6.73 Å². The third kappa shape index (κ3) is 8.84. The van der Waals surface area contributed by atoms with Gasteiger partial charge < -0.3 is 9.64 Å². The van der Waals surface area contributed by atoms with E-state index in [9.17, 15) is 4.39 Å². The van der Waals surface area contributed by atoms with Crippen molar-refractivity contribution in [2.45, 2.75) is 46.5 Å². The zero-order valence-electron chi connectivity index (χ0n) is 20.7. The Hall–Kier alpha value is -2.65. The standard InChI is InChI=1S/C18H25NO.C10H12.CH3F/c1-14(2)6-7-15-8-9-16(18(3,4)5)12-17(15)19-10-11-20-13-19;1-3-9-6-5-7-10(4-2)8-9;1-2/h6-9,12H,1,10-11,13H2,2-5H3;3,5-8H,1,4H2,2H3;1H3/b7-6+;;. The van der Waals surface area contributed by atoms with Gasteiger partial charge in [-0.25, -0.2) is 0 Å². The highest BCUT2D eigenvalue weighted by molar-refractivity contribution is 5.70. The minimum atomic E-state index is 0.159. The molecule has 1 heterocycles. The number of alkyl halides is 1. The molecule has 1 fully saturated rings. The van der Waals surface area contributed by atoms with E-state index in [-0.39, 0.29) is 5.41 Å². The van der Waals surface area contributed by atoms with Crippen LogP contribution in [0.4, 0.5) is 10.1 Å². The first-order valence-electron chi connectivity index (χ1n) is 11.1. The van der Waals surface area contributed by atoms with Crippen LogP contribution in [0.15, 0.2) is 67.3 Å². The summed E-state index contributed by atoms with van der Waals surface area (Å²) in [4.78, 5) is 2.30. The Labute approximate surface area is 195 Å². The van der Waals surface area contributed by atoms with Gasteiger partial charge in [-0.3, -0.25) is 4.39 Å². The van der Waals surface area contributed by atoms with Crippen molar-refractivity contribution >= 4 is 17.8 Å². The number of hydrogen-bond acceptors (Lipinski definition) is 2. The molecule has 3 heteroatoms. The molecule has 0 spiro atoms. The molecular weight excluding hydrogens is 397 g/mol. The summed E-state index contributed by atoms with van der Waals surface area (Å²) >= 11 is 0. The number of rotatable bonds is 5. The van der Waals surface area contributed by atoms with E-state index in [1.54, 1.807) is 0 Å². The third-order valence-corrected chi connectivity index (χ3v) is 5.13. The van der Waals surface area contributed by atoms with Crippen molar-refractivity contribution in [2.24, 2.45) is 0 Å². The number of hydrogen-bond donors (Lipinski definition) is 0. The second-order valence-corrected chi connectivity index (χ2v) is 8.81. The molecule has 0 unspecified atom stereocenters. The van der Waals surface area contributed by atoms with Crippen LogP contribution in [0.25, 0.3) is 12.2 Å². The maximum absolute atomic E-state index is 9.50. The molecular formula is C29H40FNO. The number of allylic oxidation sites excluding steroid dienone is 2. The second kappa shape index (κ2) is 13.7. The predicted octanol–water partition coefficient (Wildman–Crippen LogP) is 7.85. The molecule has 1 saturated heterocycles. The molecule has 0 N–H and O–H groups in total. The minimum absolute atomic E-state index is 0.159. The van der Waals surface area contributed by atoms with Crippen molar-refractivity contribution in [3.05, 3.63) is 89.5 Å². The van der Waals surface area contributed by atoms with Crippen molar-refractivity contribution < 1.29 is 9.13 Å². The van der Waals surface area contributed by atoms with E-state index < -0.39 is 0 Å². The maximum atomic E-state index is 9.50. The van der Waals surface area contributed by atoms with Gasteiger partial charge in [0, 0.05) is 12.2 Å². The van der Waals surface area contributed by atoms with Crippen molar-refractivity contribution in [1.29, 1.82) is 0 Å². The Morgan fingerprint density at radius 3 is 2.41 bits per heavy atom. The lowest BCUT2D eigenvalue weighted by atomic mass is 9.86. The SMILES string of the molecule is C=C(C)/C=C/c1ccc(C(C)(C)C)cc1N1CCOC1.C=Cc1cccc(CC)c1.CF.